The fourth-order valence-electron chi connectivity index (χ4n) is 0.867. The van der Waals surface area contributed by atoms with Crippen LogP contribution in [0.25, 0.3) is 0 Å². The van der Waals surface area contributed by atoms with Crippen LogP contribution in [0.2, 0.25) is 0 Å². The van der Waals surface area contributed by atoms with Gasteiger partial charge in [0.25, 0.3) is 0 Å². The highest BCUT2D eigenvalue weighted by atomic mass is 32.2. The summed E-state index contributed by atoms with van der Waals surface area (Å²) >= 11 is 0.937. The maximum atomic E-state index is 11.7. The molecule has 13 heavy (non-hydrogen) atoms. The number of nitrogens with one attached hydrogen (secondary N) is 1. The van der Waals surface area contributed by atoms with Gasteiger partial charge in [-0.1, -0.05) is 11.8 Å². The van der Waals surface area contributed by atoms with Crippen LogP contribution in [0, 0.1) is 0 Å². The molecule has 0 bridgehead atoms. The van der Waals surface area contributed by atoms with Crippen molar-refractivity contribution in [1.82, 2.24) is 5.32 Å². The fourth-order valence-corrected chi connectivity index (χ4v) is 1.80. The summed E-state index contributed by atoms with van der Waals surface area (Å²) in [7, 11) is 0. The van der Waals surface area contributed by atoms with E-state index in [1.807, 2.05) is 0 Å². The molecule has 1 saturated heterocycles. The average molecular weight is 213 g/mol. The Balaban J connectivity index is 2.49. The molecule has 1 N–H and O–H groups in total. The minimum Gasteiger partial charge on any atom is -0.338 e. The summed E-state index contributed by atoms with van der Waals surface area (Å²) in [6.07, 6.45) is -4.64. The van der Waals surface area contributed by atoms with Crippen molar-refractivity contribution in [2.75, 3.05) is 5.75 Å². The summed E-state index contributed by atoms with van der Waals surface area (Å²) in [5.41, 5.74) is 0. The van der Waals surface area contributed by atoms with Crippen LogP contribution >= 0.6 is 11.8 Å². The topological polar surface area (TPSA) is 46.2 Å². The van der Waals surface area contributed by atoms with Crippen molar-refractivity contribution < 1.29 is 22.8 Å². The molecule has 1 aliphatic rings. The highest BCUT2D eigenvalue weighted by molar-refractivity contribution is 8.14. The third kappa shape index (κ3) is 2.61. The van der Waals surface area contributed by atoms with Crippen LogP contribution in [-0.2, 0) is 9.59 Å². The molecule has 7 heteroatoms. The van der Waals surface area contributed by atoms with Gasteiger partial charge in [0.1, 0.15) is 0 Å². The molecule has 1 amide bonds. The second kappa shape index (κ2) is 3.57. The van der Waals surface area contributed by atoms with E-state index in [0.717, 1.165) is 11.8 Å². The zero-order valence-corrected chi connectivity index (χ0v) is 7.17. The molecule has 0 aromatic carbocycles. The first-order valence-corrected chi connectivity index (χ1v) is 4.44. The number of rotatable bonds is 1. The third-order valence-electron chi connectivity index (χ3n) is 1.50. The lowest BCUT2D eigenvalue weighted by Crippen LogP contribution is -2.44. The van der Waals surface area contributed by atoms with Crippen LogP contribution in [0.4, 0.5) is 13.2 Å². The number of hydrogen-bond acceptors (Lipinski definition) is 3. The Morgan fingerprint density at radius 3 is 2.54 bits per heavy atom. The van der Waals surface area contributed by atoms with Gasteiger partial charge in [-0.3, -0.25) is 9.59 Å². The van der Waals surface area contributed by atoms with Crippen LogP contribution < -0.4 is 5.32 Å². The second-order valence-electron chi connectivity index (χ2n) is 2.48. The van der Waals surface area contributed by atoms with E-state index in [4.69, 9.17) is 0 Å². The molecule has 0 unspecified atom stereocenters. The maximum Gasteiger partial charge on any atom is 0.471 e. The van der Waals surface area contributed by atoms with Gasteiger partial charge in [-0.05, 0) is 6.42 Å². The Morgan fingerprint density at radius 1 is 1.54 bits per heavy atom. The molecule has 1 atom stereocenters. The van der Waals surface area contributed by atoms with E-state index in [0.29, 0.717) is 5.75 Å². The van der Waals surface area contributed by atoms with Crippen molar-refractivity contribution >= 4 is 22.8 Å². The molecule has 0 saturated carbocycles. The fraction of sp³-hybridized carbons (Fsp3) is 0.667. The monoisotopic (exact) mass is 213 g/mol. The van der Waals surface area contributed by atoms with Crippen molar-refractivity contribution in [2.45, 2.75) is 18.6 Å². The molecular formula is C6H6F3NO2S. The number of amides is 1. The average Bonchev–Trinajstić information content (AvgIpc) is 2.34. The first kappa shape index (κ1) is 10.4. The second-order valence-corrected chi connectivity index (χ2v) is 3.58. The Hall–Kier alpha value is -0.720. The zero-order valence-electron chi connectivity index (χ0n) is 6.35. The molecular weight excluding hydrogens is 207 g/mol. The number of carbonyl (C=O) groups is 2. The Bertz CT molecular complexity index is 241. The van der Waals surface area contributed by atoms with Crippen LogP contribution in [0.15, 0.2) is 0 Å². The summed E-state index contributed by atoms with van der Waals surface area (Å²) in [6, 6.07) is -0.973. The van der Waals surface area contributed by atoms with Crippen molar-refractivity contribution in [3.05, 3.63) is 0 Å². The van der Waals surface area contributed by atoms with Crippen molar-refractivity contribution in [1.29, 1.82) is 0 Å². The van der Waals surface area contributed by atoms with Crippen molar-refractivity contribution in [3.63, 3.8) is 0 Å². The molecule has 74 valence electrons. The summed E-state index contributed by atoms with van der Waals surface area (Å²) in [6.45, 7) is 0. The molecule has 3 nitrogen and oxygen atoms in total. The summed E-state index contributed by atoms with van der Waals surface area (Å²) in [5, 5.41) is 1.23. The number of hydrogen-bond donors (Lipinski definition) is 1. The molecule has 0 aromatic heterocycles. The standard InChI is InChI=1S/C6H6F3NO2S/c7-6(8,9)5(12)10-3-1-2-13-4(3)11/h3H,1-2H2,(H,10,12)/t3-/m0/s1. The smallest absolute Gasteiger partial charge is 0.338 e. The third-order valence-corrected chi connectivity index (χ3v) is 2.51. The first-order valence-electron chi connectivity index (χ1n) is 3.45. The zero-order chi connectivity index (χ0) is 10.1. The Kier molecular flexibility index (Phi) is 2.84. The minimum atomic E-state index is -4.91. The van der Waals surface area contributed by atoms with Crippen LogP contribution in [0.5, 0.6) is 0 Å². The van der Waals surface area contributed by atoms with Crippen LogP contribution in [0.1, 0.15) is 6.42 Å². The summed E-state index contributed by atoms with van der Waals surface area (Å²) < 4.78 is 35.1. The quantitative estimate of drug-likeness (QED) is 0.697. The Labute approximate surface area is 76.1 Å². The highest BCUT2D eigenvalue weighted by Gasteiger charge is 2.41. The lowest BCUT2D eigenvalue weighted by molar-refractivity contribution is -0.174. The molecule has 0 radical (unpaired) electrons. The molecule has 1 aliphatic heterocycles. The van der Waals surface area contributed by atoms with Crippen LogP contribution in [-0.4, -0.2) is 29.0 Å². The number of halogens is 3. The van der Waals surface area contributed by atoms with Gasteiger partial charge in [0.05, 0.1) is 6.04 Å². The summed E-state index contributed by atoms with van der Waals surface area (Å²) in [5.74, 6) is -1.59. The maximum absolute atomic E-state index is 11.7. The first-order chi connectivity index (χ1) is 5.91. The largest absolute Gasteiger partial charge is 0.471 e. The van der Waals surface area contributed by atoms with E-state index >= 15 is 0 Å². The van der Waals surface area contributed by atoms with Gasteiger partial charge >= 0.3 is 12.1 Å². The van der Waals surface area contributed by atoms with Gasteiger partial charge in [-0.25, -0.2) is 0 Å². The lowest BCUT2D eigenvalue weighted by atomic mass is 10.2. The SMILES string of the molecule is O=C1SCC[C@@H]1NC(=O)C(F)(F)F. The minimum absolute atomic E-state index is 0.269. The Morgan fingerprint density at radius 2 is 2.15 bits per heavy atom. The predicted molar refractivity (Wildman–Crippen MR) is 40.1 cm³/mol. The normalized spacial score (nSPS) is 23.3. The van der Waals surface area contributed by atoms with E-state index in [2.05, 4.69) is 0 Å². The van der Waals surface area contributed by atoms with Crippen molar-refractivity contribution in [3.8, 4) is 0 Å². The number of carbonyl (C=O) groups excluding carboxylic acids is 2. The molecule has 1 rings (SSSR count). The van der Waals surface area contributed by atoms with Gasteiger partial charge in [0, 0.05) is 5.75 Å². The molecule has 0 aromatic rings. The van der Waals surface area contributed by atoms with Gasteiger partial charge in [0.2, 0.25) is 5.12 Å². The van der Waals surface area contributed by atoms with E-state index < -0.39 is 23.2 Å². The lowest BCUT2D eigenvalue weighted by Gasteiger charge is -2.11. The van der Waals surface area contributed by atoms with Gasteiger partial charge < -0.3 is 5.32 Å². The van der Waals surface area contributed by atoms with E-state index in [1.165, 1.54) is 0 Å². The van der Waals surface area contributed by atoms with E-state index in [1.54, 1.807) is 5.32 Å². The molecule has 0 spiro atoms. The van der Waals surface area contributed by atoms with Gasteiger partial charge in [0.15, 0.2) is 0 Å². The predicted octanol–water partition coefficient (Wildman–Crippen LogP) is 0.697. The van der Waals surface area contributed by atoms with Gasteiger partial charge in [-0.15, -0.1) is 0 Å². The van der Waals surface area contributed by atoms with E-state index in [9.17, 15) is 22.8 Å². The summed E-state index contributed by atoms with van der Waals surface area (Å²) in [4.78, 5) is 21.2. The van der Waals surface area contributed by atoms with E-state index in [-0.39, 0.29) is 6.42 Å². The van der Waals surface area contributed by atoms with Crippen LogP contribution in [0.3, 0.4) is 0 Å². The number of thioether (sulfide) groups is 1. The molecule has 1 fully saturated rings. The highest BCUT2D eigenvalue weighted by Crippen LogP contribution is 2.21. The molecule has 1 heterocycles. The number of alkyl halides is 3. The van der Waals surface area contributed by atoms with Crippen molar-refractivity contribution in [2.24, 2.45) is 0 Å². The molecule has 0 aliphatic carbocycles. The van der Waals surface area contributed by atoms with Gasteiger partial charge in [-0.2, -0.15) is 13.2 Å².